The van der Waals surface area contributed by atoms with Crippen LogP contribution in [0.25, 0.3) is 6.08 Å². The predicted molar refractivity (Wildman–Crippen MR) is 51.3 cm³/mol. The fourth-order valence-electron chi connectivity index (χ4n) is 1.21. The van der Waals surface area contributed by atoms with Gasteiger partial charge in [0.1, 0.15) is 0 Å². The average molecular weight is 163 g/mol. The lowest BCUT2D eigenvalue weighted by molar-refractivity contribution is 0.995. The Kier molecular flexibility index (Phi) is 2.48. The van der Waals surface area contributed by atoms with Gasteiger partial charge in [-0.05, 0) is 13.3 Å². The van der Waals surface area contributed by atoms with Gasteiger partial charge in [-0.2, -0.15) is 0 Å². The second-order valence-corrected chi connectivity index (χ2v) is 2.76. The highest BCUT2D eigenvalue weighted by atomic mass is 16.1. The minimum atomic E-state index is 0.0538. The molecule has 1 aromatic heterocycles. The first-order valence-electron chi connectivity index (χ1n) is 4.04. The summed E-state index contributed by atoms with van der Waals surface area (Å²) in [5.41, 5.74) is 2.60. The minimum absolute atomic E-state index is 0.0538. The second kappa shape index (κ2) is 3.39. The second-order valence-electron chi connectivity index (χ2n) is 2.76. The standard InChI is InChI=1S/C10H13NO/c1-4-8-6-10(12)9(5-2)7(3)11-8/h5-6H,2,4H2,1,3H3,(H,11,12). The van der Waals surface area contributed by atoms with Gasteiger partial charge in [0.15, 0.2) is 5.43 Å². The maximum Gasteiger partial charge on any atom is 0.189 e. The van der Waals surface area contributed by atoms with Crippen molar-refractivity contribution in [2.75, 3.05) is 0 Å². The Hall–Kier alpha value is -1.31. The Morgan fingerprint density at radius 2 is 2.33 bits per heavy atom. The normalized spacial score (nSPS) is 9.83. The van der Waals surface area contributed by atoms with Gasteiger partial charge in [0.2, 0.25) is 0 Å². The summed E-state index contributed by atoms with van der Waals surface area (Å²) < 4.78 is 0. The van der Waals surface area contributed by atoms with E-state index in [0.29, 0.717) is 5.56 Å². The first kappa shape index (κ1) is 8.78. The van der Waals surface area contributed by atoms with Crippen LogP contribution in [0.3, 0.4) is 0 Å². The molecule has 0 unspecified atom stereocenters. The highest BCUT2D eigenvalue weighted by molar-refractivity contribution is 5.49. The van der Waals surface area contributed by atoms with E-state index in [0.717, 1.165) is 17.8 Å². The number of aromatic nitrogens is 1. The monoisotopic (exact) mass is 163 g/mol. The van der Waals surface area contributed by atoms with E-state index < -0.39 is 0 Å². The Morgan fingerprint density at radius 1 is 1.67 bits per heavy atom. The van der Waals surface area contributed by atoms with E-state index in [4.69, 9.17) is 0 Å². The molecule has 12 heavy (non-hydrogen) atoms. The molecule has 0 atom stereocenters. The van der Waals surface area contributed by atoms with E-state index >= 15 is 0 Å². The van der Waals surface area contributed by atoms with Crippen molar-refractivity contribution in [3.63, 3.8) is 0 Å². The van der Waals surface area contributed by atoms with E-state index in [-0.39, 0.29) is 5.43 Å². The van der Waals surface area contributed by atoms with Crippen LogP contribution < -0.4 is 5.43 Å². The zero-order chi connectivity index (χ0) is 9.14. The zero-order valence-corrected chi connectivity index (χ0v) is 7.48. The fourth-order valence-corrected chi connectivity index (χ4v) is 1.21. The molecule has 2 heteroatoms. The van der Waals surface area contributed by atoms with Gasteiger partial charge in [0, 0.05) is 23.0 Å². The van der Waals surface area contributed by atoms with Gasteiger partial charge >= 0.3 is 0 Å². The zero-order valence-electron chi connectivity index (χ0n) is 7.48. The molecule has 0 spiro atoms. The van der Waals surface area contributed by atoms with Gasteiger partial charge in [-0.1, -0.05) is 19.6 Å². The van der Waals surface area contributed by atoms with Gasteiger partial charge in [-0.3, -0.25) is 4.79 Å². The number of H-pyrrole nitrogens is 1. The molecule has 1 rings (SSSR count). The van der Waals surface area contributed by atoms with Gasteiger partial charge in [0.25, 0.3) is 0 Å². The van der Waals surface area contributed by atoms with E-state index in [1.807, 2.05) is 13.8 Å². The van der Waals surface area contributed by atoms with Crippen molar-refractivity contribution < 1.29 is 0 Å². The molecule has 0 radical (unpaired) electrons. The number of aromatic amines is 1. The smallest absolute Gasteiger partial charge is 0.189 e. The SMILES string of the molecule is C=Cc1c(C)[nH]c(CC)cc1=O. The molecule has 0 aliphatic carbocycles. The molecule has 0 aliphatic heterocycles. The topological polar surface area (TPSA) is 32.9 Å². The first-order valence-corrected chi connectivity index (χ1v) is 4.04. The van der Waals surface area contributed by atoms with Crippen molar-refractivity contribution in [2.24, 2.45) is 0 Å². The highest BCUT2D eigenvalue weighted by Gasteiger charge is 2.00. The third kappa shape index (κ3) is 1.47. The fraction of sp³-hybridized carbons (Fsp3) is 0.300. The van der Waals surface area contributed by atoms with Crippen molar-refractivity contribution in [3.05, 3.63) is 39.8 Å². The molecule has 0 saturated carbocycles. The third-order valence-electron chi connectivity index (χ3n) is 1.91. The van der Waals surface area contributed by atoms with Crippen molar-refractivity contribution in [2.45, 2.75) is 20.3 Å². The lowest BCUT2D eigenvalue weighted by Crippen LogP contribution is -2.09. The van der Waals surface area contributed by atoms with E-state index in [2.05, 4.69) is 11.6 Å². The van der Waals surface area contributed by atoms with Crippen molar-refractivity contribution in [3.8, 4) is 0 Å². The number of nitrogens with one attached hydrogen (secondary N) is 1. The Bertz CT molecular complexity index is 349. The molecular formula is C10H13NO. The van der Waals surface area contributed by atoms with Crippen LogP contribution >= 0.6 is 0 Å². The Morgan fingerprint density at radius 3 is 2.75 bits per heavy atom. The summed E-state index contributed by atoms with van der Waals surface area (Å²) in [7, 11) is 0. The van der Waals surface area contributed by atoms with Gasteiger partial charge in [-0.15, -0.1) is 0 Å². The molecule has 0 aliphatic rings. The first-order chi connectivity index (χ1) is 5.69. The maximum absolute atomic E-state index is 11.4. The summed E-state index contributed by atoms with van der Waals surface area (Å²) in [6, 6.07) is 1.63. The molecule has 0 saturated heterocycles. The Labute approximate surface area is 71.9 Å². The molecular weight excluding hydrogens is 150 g/mol. The van der Waals surface area contributed by atoms with Crippen LogP contribution in [0.2, 0.25) is 0 Å². The number of pyridine rings is 1. The number of hydrogen-bond donors (Lipinski definition) is 1. The van der Waals surface area contributed by atoms with Gasteiger partial charge in [0.05, 0.1) is 0 Å². The number of aryl methyl sites for hydroxylation is 2. The molecule has 0 aromatic carbocycles. The van der Waals surface area contributed by atoms with Crippen molar-refractivity contribution >= 4 is 6.08 Å². The molecule has 0 bridgehead atoms. The summed E-state index contributed by atoms with van der Waals surface area (Å²) in [6.45, 7) is 7.49. The van der Waals surface area contributed by atoms with Crippen LogP contribution in [0.15, 0.2) is 17.4 Å². The minimum Gasteiger partial charge on any atom is -0.362 e. The summed E-state index contributed by atoms with van der Waals surface area (Å²) in [6.07, 6.45) is 2.45. The molecule has 1 heterocycles. The molecule has 0 amide bonds. The van der Waals surface area contributed by atoms with Gasteiger partial charge in [-0.25, -0.2) is 0 Å². The van der Waals surface area contributed by atoms with E-state index in [9.17, 15) is 4.79 Å². The number of hydrogen-bond acceptors (Lipinski definition) is 1. The molecule has 64 valence electrons. The lowest BCUT2D eigenvalue weighted by atomic mass is 10.1. The Balaban J connectivity index is 3.38. The van der Waals surface area contributed by atoms with Crippen LogP contribution in [0, 0.1) is 6.92 Å². The van der Waals surface area contributed by atoms with Crippen LogP contribution in [0.5, 0.6) is 0 Å². The van der Waals surface area contributed by atoms with Crippen molar-refractivity contribution in [1.29, 1.82) is 0 Å². The molecule has 1 aromatic rings. The maximum atomic E-state index is 11.4. The molecule has 2 nitrogen and oxygen atoms in total. The third-order valence-corrected chi connectivity index (χ3v) is 1.91. The number of rotatable bonds is 2. The summed E-state index contributed by atoms with van der Waals surface area (Å²) >= 11 is 0. The van der Waals surface area contributed by atoms with Crippen LogP contribution in [0.4, 0.5) is 0 Å². The average Bonchev–Trinajstić information content (AvgIpc) is 2.03. The summed E-state index contributed by atoms with van der Waals surface area (Å²) in [4.78, 5) is 14.5. The summed E-state index contributed by atoms with van der Waals surface area (Å²) in [5.74, 6) is 0. The van der Waals surface area contributed by atoms with Crippen molar-refractivity contribution in [1.82, 2.24) is 4.98 Å². The van der Waals surface area contributed by atoms with E-state index in [1.54, 1.807) is 12.1 Å². The predicted octanol–water partition coefficient (Wildman–Crippen LogP) is 1.89. The van der Waals surface area contributed by atoms with Crippen LogP contribution in [-0.2, 0) is 6.42 Å². The molecule has 0 fully saturated rings. The van der Waals surface area contributed by atoms with Crippen LogP contribution in [-0.4, -0.2) is 4.98 Å². The quantitative estimate of drug-likeness (QED) is 0.709. The summed E-state index contributed by atoms with van der Waals surface area (Å²) in [5, 5.41) is 0. The van der Waals surface area contributed by atoms with Gasteiger partial charge < -0.3 is 4.98 Å². The van der Waals surface area contributed by atoms with Crippen LogP contribution in [0.1, 0.15) is 23.9 Å². The lowest BCUT2D eigenvalue weighted by Gasteiger charge is -2.02. The van der Waals surface area contributed by atoms with E-state index in [1.165, 1.54) is 0 Å². The highest BCUT2D eigenvalue weighted by Crippen LogP contribution is 2.02. The largest absolute Gasteiger partial charge is 0.362 e. The molecule has 1 N–H and O–H groups in total.